The van der Waals surface area contributed by atoms with Crippen molar-refractivity contribution < 1.29 is 9.53 Å². The Hall–Kier alpha value is -2.13. The van der Waals surface area contributed by atoms with Gasteiger partial charge in [0.25, 0.3) is 0 Å². The van der Waals surface area contributed by atoms with E-state index in [0.29, 0.717) is 24.8 Å². The van der Waals surface area contributed by atoms with E-state index in [4.69, 9.17) is 4.74 Å². The predicted molar refractivity (Wildman–Crippen MR) is 123 cm³/mol. The van der Waals surface area contributed by atoms with E-state index >= 15 is 0 Å². The third-order valence-corrected chi connectivity index (χ3v) is 6.39. The Kier molecular flexibility index (Phi) is 7.71. The third kappa shape index (κ3) is 6.18. The fourth-order valence-corrected chi connectivity index (χ4v) is 4.72. The highest BCUT2D eigenvalue weighted by atomic mass is 16.5. The minimum atomic E-state index is -0.0746. The van der Waals surface area contributed by atoms with Crippen LogP contribution in [-0.4, -0.2) is 29.6 Å². The predicted octanol–water partition coefficient (Wildman–Crippen LogP) is 6.11. The van der Waals surface area contributed by atoms with Crippen molar-refractivity contribution in [2.45, 2.75) is 71.4 Å². The standard InChI is InChI=1S/C27H37NO2/c1-5-26(29)28(20-22-9-7-6-8-10-22)17-15-25(23-13-11-21(2)12-14-23)24-16-18-30-27(3,4)19-24/h6-14,24-25H,5,15-20H2,1-4H3/t24-,25+/m1/s1. The molecule has 1 amide bonds. The molecular formula is C27H37NO2. The lowest BCUT2D eigenvalue weighted by Crippen LogP contribution is -2.38. The Morgan fingerprint density at radius 3 is 2.47 bits per heavy atom. The SMILES string of the molecule is CCC(=O)N(CC[C@@H](c1ccc(C)cc1)[C@@H]1CCOC(C)(C)C1)Cc1ccccc1. The summed E-state index contributed by atoms with van der Waals surface area (Å²) in [5, 5.41) is 0. The zero-order valence-electron chi connectivity index (χ0n) is 19.1. The van der Waals surface area contributed by atoms with Gasteiger partial charge >= 0.3 is 0 Å². The van der Waals surface area contributed by atoms with Crippen LogP contribution in [0.4, 0.5) is 0 Å². The molecule has 1 aliphatic rings. The smallest absolute Gasteiger partial charge is 0.222 e. The van der Waals surface area contributed by atoms with Crippen LogP contribution in [0.2, 0.25) is 0 Å². The number of benzene rings is 2. The number of aryl methyl sites for hydroxylation is 1. The Morgan fingerprint density at radius 2 is 1.83 bits per heavy atom. The largest absolute Gasteiger partial charge is 0.376 e. The van der Waals surface area contributed by atoms with Gasteiger partial charge in [-0.3, -0.25) is 4.79 Å². The van der Waals surface area contributed by atoms with Crippen LogP contribution < -0.4 is 0 Å². The van der Waals surface area contributed by atoms with E-state index in [1.807, 2.05) is 30.0 Å². The second-order valence-electron chi connectivity index (χ2n) is 9.32. The Balaban J connectivity index is 1.78. The molecule has 1 aliphatic heterocycles. The van der Waals surface area contributed by atoms with Crippen molar-refractivity contribution in [2.75, 3.05) is 13.2 Å². The fraction of sp³-hybridized carbons (Fsp3) is 0.519. The Bertz CT molecular complexity index is 797. The number of nitrogens with zero attached hydrogens (tertiary/aromatic N) is 1. The summed E-state index contributed by atoms with van der Waals surface area (Å²) in [6.07, 6.45) is 3.68. The second-order valence-corrected chi connectivity index (χ2v) is 9.32. The van der Waals surface area contributed by atoms with E-state index in [0.717, 1.165) is 32.4 Å². The minimum absolute atomic E-state index is 0.0746. The summed E-state index contributed by atoms with van der Waals surface area (Å²) >= 11 is 0. The number of amides is 1. The van der Waals surface area contributed by atoms with Gasteiger partial charge < -0.3 is 9.64 Å². The molecule has 0 bridgehead atoms. The van der Waals surface area contributed by atoms with Crippen molar-refractivity contribution >= 4 is 5.91 Å². The molecule has 162 valence electrons. The van der Waals surface area contributed by atoms with E-state index in [-0.39, 0.29) is 11.5 Å². The van der Waals surface area contributed by atoms with Crippen molar-refractivity contribution in [3.8, 4) is 0 Å². The Morgan fingerprint density at radius 1 is 1.13 bits per heavy atom. The van der Waals surface area contributed by atoms with Gasteiger partial charge in [0.05, 0.1) is 5.60 Å². The van der Waals surface area contributed by atoms with Crippen LogP contribution in [0, 0.1) is 12.8 Å². The van der Waals surface area contributed by atoms with Gasteiger partial charge in [-0.15, -0.1) is 0 Å². The lowest BCUT2D eigenvalue weighted by molar-refractivity contribution is -0.131. The molecule has 2 atom stereocenters. The maximum atomic E-state index is 12.7. The monoisotopic (exact) mass is 407 g/mol. The second kappa shape index (κ2) is 10.3. The number of ether oxygens (including phenoxy) is 1. The molecule has 0 N–H and O–H groups in total. The average Bonchev–Trinajstić information content (AvgIpc) is 2.74. The molecule has 3 nitrogen and oxygen atoms in total. The lowest BCUT2D eigenvalue weighted by Gasteiger charge is -2.40. The van der Waals surface area contributed by atoms with Gasteiger partial charge in [0.1, 0.15) is 0 Å². The van der Waals surface area contributed by atoms with Crippen LogP contribution in [-0.2, 0) is 16.1 Å². The first-order valence-corrected chi connectivity index (χ1v) is 11.4. The molecular weight excluding hydrogens is 370 g/mol. The number of hydrogen-bond donors (Lipinski definition) is 0. The van der Waals surface area contributed by atoms with Gasteiger partial charge in [0.2, 0.25) is 5.91 Å². The highest BCUT2D eigenvalue weighted by Gasteiger charge is 2.34. The molecule has 0 spiro atoms. The van der Waals surface area contributed by atoms with Gasteiger partial charge in [-0.2, -0.15) is 0 Å². The first-order chi connectivity index (χ1) is 14.4. The summed E-state index contributed by atoms with van der Waals surface area (Å²) in [6, 6.07) is 19.3. The van der Waals surface area contributed by atoms with Crippen molar-refractivity contribution in [1.82, 2.24) is 4.90 Å². The summed E-state index contributed by atoms with van der Waals surface area (Å²) in [4.78, 5) is 14.7. The van der Waals surface area contributed by atoms with E-state index in [2.05, 4.69) is 57.2 Å². The van der Waals surface area contributed by atoms with E-state index < -0.39 is 0 Å². The van der Waals surface area contributed by atoms with Crippen LogP contribution in [0.5, 0.6) is 0 Å². The topological polar surface area (TPSA) is 29.5 Å². The normalized spacial score (nSPS) is 19.3. The van der Waals surface area contributed by atoms with Crippen molar-refractivity contribution in [1.29, 1.82) is 0 Å². The van der Waals surface area contributed by atoms with E-state index in [1.165, 1.54) is 16.7 Å². The first kappa shape index (κ1) is 22.6. The minimum Gasteiger partial charge on any atom is -0.376 e. The van der Waals surface area contributed by atoms with E-state index in [9.17, 15) is 4.79 Å². The summed E-state index contributed by atoms with van der Waals surface area (Å²) in [5.74, 6) is 1.25. The number of carbonyl (C=O) groups excluding carboxylic acids is 1. The van der Waals surface area contributed by atoms with Crippen LogP contribution in [0.1, 0.15) is 69.1 Å². The molecule has 30 heavy (non-hydrogen) atoms. The summed E-state index contributed by atoms with van der Waals surface area (Å²) in [5.41, 5.74) is 3.80. The number of hydrogen-bond acceptors (Lipinski definition) is 2. The number of carbonyl (C=O) groups is 1. The molecule has 1 heterocycles. The molecule has 0 unspecified atom stereocenters. The quantitative estimate of drug-likeness (QED) is 0.528. The number of rotatable bonds is 8. The summed E-state index contributed by atoms with van der Waals surface area (Å²) in [7, 11) is 0. The first-order valence-electron chi connectivity index (χ1n) is 11.4. The molecule has 0 aliphatic carbocycles. The van der Waals surface area contributed by atoms with Gasteiger partial charge in [0.15, 0.2) is 0 Å². The summed E-state index contributed by atoms with van der Waals surface area (Å²) < 4.78 is 6.00. The molecule has 0 radical (unpaired) electrons. The molecule has 1 saturated heterocycles. The van der Waals surface area contributed by atoms with Gasteiger partial charge in [0, 0.05) is 26.1 Å². The zero-order valence-corrected chi connectivity index (χ0v) is 19.1. The van der Waals surface area contributed by atoms with Crippen LogP contribution in [0.15, 0.2) is 54.6 Å². The molecule has 3 heteroatoms. The third-order valence-electron chi connectivity index (χ3n) is 6.39. The maximum Gasteiger partial charge on any atom is 0.222 e. The van der Waals surface area contributed by atoms with E-state index in [1.54, 1.807) is 0 Å². The molecule has 0 saturated carbocycles. The highest BCUT2D eigenvalue weighted by molar-refractivity contribution is 5.75. The molecule has 2 aromatic rings. The molecule has 1 fully saturated rings. The van der Waals surface area contributed by atoms with Crippen molar-refractivity contribution in [3.63, 3.8) is 0 Å². The van der Waals surface area contributed by atoms with Crippen molar-refractivity contribution in [3.05, 3.63) is 71.3 Å². The molecule has 2 aromatic carbocycles. The fourth-order valence-electron chi connectivity index (χ4n) is 4.72. The van der Waals surface area contributed by atoms with Crippen LogP contribution in [0.3, 0.4) is 0 Å². The zero-order chi connectivity index (χ0) is 21.6. The van der Waals surface area contributed by atoms with Gasteiger partial charge in [-0.25, -0.2) is 0 Å². The van der Waals surface area contributed by atoms with Crippen LogP contribution >= 0.6 is 0 Å². The molecule has 0 aromatic heterocycles. The van der Waals surface area contributed by atoms with Crippen LogP contribution in [0.25, 0.3) is 0 Å². The Labute approximate surface area is 182 Å². The lowest BCUT2D eigenvalue weighted by atomic mass is 9.75. The highest BCUT2D eigenvalue weighted by Crippen LogP contribution is 2.40. The maximum absolute atomic E-state index is 12.7. The van der Waals surface area contributed by atoms with Crippen molar-refractivity contribution in [2.24, 2.45) is 5.92 Å². The average molecular weight is 408 g/mol. The summed E-state index contributed by atoms with van der Waals surface area (Å²) in [6.45, 7) is 10.8. The van der Waals surface area contributed by atoms with Gasteiger partial charge in [-0.1, -0.05) is 67.1 Å². The van der Waals surface area contributed by atoms with Gasteiger partial charge in [-0.05, 0) is 63.0 Å². The molecule has 3 rings (SSSR count).